The second kappa shape index (κ2) is 5.78. The second-order valence-corrected chi connectivity index (χ2v) is 7.05. The van der Waals surface area contributed by atoms with Gasteiger partial charge in [0.25, 0.3) is 10.0 Å². The number of nitrogens with one attached hydrogen (secondary N) is 2. The SMILES string of the molecule is CC(C)c1csc(NS(=O)(=O)c2ccc(NN)cc2)n1. The molecule has 0 amide bonds. The fourth-order valence-electron chi connectivity index (χ4n) is 1.50. The first kappa shape index (κ1) is 14.8. The fraction of sp³-hybridized carbons (Fsp3) is 0.250. The highest BCUT2D eigenvalue weighted by Crippen LogP contribution is 2.24. The van der Waals surface area contributed by atoms with Crippen molar-refractivity contribution in [3.63, 3.8) is 0 Å². The molecule has 0 unspecified atom stereocenters. The van der Waals surface area contributed by atoms with Crippen LogP contribution in [-0.2, 0) is 10.0 Å². The van der Waals surface area contributed by atoms with Gasteiger partial charge >= 0.3 is 0 Å². The van der Waals surface area contributed by atoms with Crippen LogP contribution in [0.2, 0.25) is 0 Å². The van der Waals surface area contributed by atoms with Crippen molar-refractivity contribution in [1.29, 1.82) is 0 Å². The maximum atomic E-state index is 12.2. The monoisotopic (exact) mass is 312 g/mol. The van der Waals surface area contributed by atoms with Crippen LogP contribution in [-0.4, -0.2) is 13.4 Å². The summed E-state index contributed by atoms with van der Waals surface area (Å²) in [4.78, 5) is 4.41. The lowest BCUT2D eigenvalue weighted by molar-refractivity contribution is 0.601. The Hall–Kier alpha value is -1.64. The highest BCUT2D eigenvalue weighted by molar-refractivity contribution is 7.93. The quantitative estimate of drug-likeness (QED) is 0.581. The van der Waals surface area contributed by atoms with Gasteiger partial charge in [-0.3, -0.25) is 10.6 Å². The van der Waals surface area contributed by atoms with Crippen LogP contribution in [0.1, 0.15) is 25.5 Å². The Kier molecular flexibility index (Phi) is 4.26. The molecular weight excluding hydrogens is 296 g/mol. The summed E-state index contributed by atoms with van der Waals surface area (Å²) in [5.74, 6) is 5.50. The minimum atomic E-state index is -3.62. The molecule has 0 aliphatic heterocycles. The standard InChI is InChI=1S/C12H16N4O2S2/c1-8(2)11-7-19-12(14-11)16-20(17,18)10-5-3-9(15-13)4-6-10/h3-8,15H,13H2,1-2H3,(H,14,16). The highest BCUT2D eigenvalue weighted by atomic mass is 32.2. The fourth-order valence-corrected chi connectivity index (χ4v) is 3.63. The summed E-state index contributed by atoms with van der Waals surface area (Å²) in [5.41, 5.74) is 3.96. The number of hydrogen-bond donors (Lipinski definition) is 3. The smallest absolute Gasteiger partial charge is 0.263 e. The summed E-state index contributed by atoms with van der Waals surface area (Å²) in [6.07, 6.45) is 0. The van der Waals surface area contributed by atoms with E-state index in [9.17, 15) is 8.42 Å². The van der Waals surface area contributed by atoms with Gasteiger partial charge in [-0.15, -0.1) is 11.3 Å². The number of nitrogens with two attached hydrogens (primary N) is 1. The predicted octanol–water partition coefficient (Wildman–Crippen LogP) is 2.35. The predicted molar refractivity (Wildman–Crippen MR) is 81.3 cm³/mol. The van der Waals surface area contributed by atoms with Crippen LogP contribution in [0, 0.1) is 0 Å². The Bertz CT molecular complexity index is 678. The molecule has 0 saturated heterocycles. The number of hydrogen-bond acceptors (Lipinski definition) is 6. The van der Waals surface area contributed by atoms with Crippen molar-refractivity contribution >= 4 is 32.2 Å². The van der Waals surface area contributed by atoms with Crippen molar-refractivity contribution in [2.24, 2.45) is 5.84 Å². The maximum Gasteiger partial charge on any atom is 0.263 e. The van der Waals surface area contributed by atoms with Gasteiger partial charge in [-0.2, -0.15) is 0 Å². The molecule has 8 heteroatoms. The van der Waals surface area contributed by atoms with Crippen LogP contribution >= 0.6 is 11.3 Å². The molecule has 0 aliphatic rings. The van der Waals surface area contributed by atoms with Crippen molar-refractivity contribution < 1.29 is 8.42 Å². The molecule has 0 aliphatic carbocycles. The van der Waals surface area contributed by atoms with Gasteiger partial charge < -0.3 is 5.43 Å². The number of aromatic nitrogens is 1. The van der Waals surface area contributed by atoms with E-state index >= 15 is 0 Å². The van der Waals surface area contributed by atoms with Gasteiger partial charge in [0, 0.05) is 11.1 Å². The molecule has 108 valence electrons. The molecule has 1 heterocycles. The van der Waals surface area contributed by atoms with Crippen molar-refractivity contribution in [2.75, 3.05) is 10.1 Å². The normalized spacial score (nSPS) is 11.6. The summed E-state index contributed by atoms with van der Waals surface area (Å²) in [7, 11) is -3.62. The van der Waals surface area contributed by atoms with Gasteiger partial charge in [0.2, 0.25) is 0 Å². The number of benzene rings is 1. The molecule has 1 aromatic heterocycles. The summed E-state index contributed by atoms with van der Waals surface area (Å²) < 4.78 is 26.8. The van der Waals surface area contributed by atoms with Crippen LogP contribution < -0.4 is 16.0 Å². The minimum Gasteiger partial charge on any atom is -0.324 e. The molecule has 4 N–H and O–H groups in total. The molecule has 0 bridgehead atoms. The van der Waals surface area contributed by atoms with Crippen molar-refractivity contribution in [3.05, 3.63) is 35.3 Å². The van der Waals surface area contributed by atoms with E-state index in [-0.39, 0.29) is 10.8 Å². The Balaban J connectivity index is 2.21. The number of sulfonamides is 1. The lowest BCUT2D eigenvalue weighted by Crippen LogP contribution is -2.13. The minimum absolute atomic E-state index is 0.165. The van der Waals surface area contributed by atoms with Crippen molar-refractivity contribution in [1.82, 2.24) is 4.98 Å². The van der Waals surface area contributed by atoms with E-state index in [1.807, 2.05) is 19.2 Å². The van der Waals surface area contributed by atoms with Gasteiger partial charge in [0.15, 0.2) is 5.13 Å². The summed E-state index contributed by atoms with van der Waals surface area (Å²) in [6, 6.07) is 6.15. The summed E-state index contributed by atoms with van der Waals surface area (Å²) in [5, 5.41) is 2.22. The van der Waals surface area contributed by atoms with E-state index in [0.717, 1.165) is 5.69 Å². The topological polar surface area (TPSA) is 97.1 Å². The molecule has 0 fully saturated rings. The third-order valence-electron chi connectivity index (χ3n) is 2.67. The van der Waals surface area contributed by atoms with E-state index in [0.29, 0.717) is 10.8 Å². The van der Waals surface area contributed by atoms with Crippen LogP contribution in [0.25, 0.3) is 0 Å². The van der Waals surface area contributed by atoms with E-state index in [1.165, 1.54) is 23.5 Å². The van der Waals surface area contributed by atoms with Crippen molar-refractivity contribution in [3.8, 4) is 0 Å². The zero-order valence-electron chi connectivity index (χ0n) is 11.1. The van der Waals surface area contributed by atoms with Crippen LogP contribution in [0.3, 0.4) is 0 Å². The maximum absolute atomic E-state index is 12.2. The Morgan fingerprint density at radius 1 is 1.25 bits per heavy atom. The molecular formula is C12H16N4O2S2. The van der Waals surface area contributed by atoms with E-state index in [4.69, 9.17) is 5.84 Å². The van der Waals surface area contributed by atoms with Gasteiger partial charge in [0.05, 0.1) is 10.6 Å². The first-order valence-corrected chi connectivity index (χ1v) is 8.33. The Labute approximate surface area is 122 Å². The highest BCUT2D eigenvalue weighted by Gasteiger charge is 2.16. The molecule has 0 atom stereocenters. The zero-order chi connectivity index (χ0) is 14.8. The third-order valence-corrected chi connectivity index (χ3v) is 4.93. The van der Waals surface area contributed by atoms with Crippen LogP contribution in [0.15, 0.2) is 34.5 Å². The van der Waals surface area contributed by atoms with Gasteiger partial charge in [-0.1, -0.05) is 13.8 Å². The lowest BCUT2D eigenvalue weighted by atomic mass is 10.2. The zero-order valence-corrected chi connectivity index (χ0v) is 12.8. The molecule has 1 aromatic carbocycles. The average Bonchev–Trinajstić information content (AvgIpc) is 2.87. The lowest BCUT2D eigenvalue weighted by Gasteiger charge is -2.06. The molecule has 0 spiro atoms. The number of anilines is 2. The number of hydrazine groups is 1. The molecule has 0 radical (unpaired) electrons. The average molecular weight is 312 g/mol. The van der Waals surface area contributed by atoms with Crippen LogP contribution in [0.5, 0.6) is 0 Å². The molecule has 20 heavy (non-hydrogen) atoms. The number of nitrogens with zero attached hydrogens (tertiary/aromatic N) is 1. The third kappa shape index (κ3) is 3.27. The molecule has 0 saturated carbocycles. The van der Waals surface area contributed by atoms with Gasteiger partial charge in [0.1, 0.15) is 0 Å². The van der Waals surface area contributed by atoms with Gasteiger partial charge in [-0.25, -0.2) is 13.4 Å². The Morgan fingerprint density at radius 3 is 2.40 bits per heavy atom. The van der Waals surface area contributed by atoms with E-state index in [2.05, 4.69) is 15.1 Å². The van der Waals surface area contributed by atoms with Crippen LogP contribution in [0.4, 0.5) is 10.8 Å². The molecule has 6 nitrogen and oxygen atoms in total. The summed E-state index contributed by atoms with van der Waals surface area (Å²) >= 11 is 1.27. The largest absolute Gasteiger partial charge is 0.324 e. The Morgan fingerprint density at radius 2 is 1.90 bits per heavy atom. The van der Waals surface area contributed by atoms with E-state index < -0.39 is 10.0 Å². The molecule has 2 rings (SSSR count). The first-order valence-electron chi connectivity index (χ1n) is 5.97. The summed E-state index contributed by atoms with van der Waals surface area (Å²) in [6.45, 7) is 4.01. The molecule has 2 aromatic rings. The van der Waals surface area contributed by atoms with E-state index in [1.54, 1.807) is 12.1 Å². The number of rotatable bonds is 5. The second-order valence-electron chi connectivity index (χ2n) is 4.51. The van der Waals surface area contributed by atoms with Gasteiger partial charge in [-0.05, 0) is 30.2 Å². The number of nitrogen functional groups attached to an aromatic ring is 1. The van der Waals surface area contributed by atoms with Crippen molar-refractivity contribution in [2.45, 2.75) is 24.7 Å². The number of thiazole rings is 1. The first-order chi connectivity index (χ1) is 9.42.